The van der Waals surface area contributed by atoms with Gasteiger partial charge in [-0.15, -0.1) is 0 Å². The minimum absolute atomic E-state index is 0.276. The minimum Gasteiger partial charge on any atom is -0.324 e. The minimum atomic E-state index is 0.276. The number of unbranched alkanes of at least 4 members (excludes halogenated alkanes) is 13. The SMILES string of the molecule is CCCCCCCCCCCCCCCC[N+](C)(C)C(C)(C)Cc1ccccc1.OOO. The first-order valence-electron chi connectivity index (χ1n) is 13.1. The summed E-state index contributed by atoms with van der Waals surface area (Å²) in [6.07, 6.45) is 21.3. The maximum absolute atomic E-state index is 6.62. The molecule has 0 bridgehead atoms. The Bertz CT molecular complexity index is 517. The normalized spacial score (nSPS) is 11.8. The Balaban J connectivity index is 0.00000302. The molecule has 0 aliphatic carbocycles. The molecule has 0 aliphatic rings. The van der Waals surface area contributed by atoms with Crippen molar-refractivity contribution in [1.29, 1.82) is 0 Å². The van der Waals surface area contributed by atoms with Crippen molar-refractivity contribution < 1.29 is 20.0 Å². The van der Waals surface area contributed by atoms with Crippen LogP contribution in [0, 0.1) is 0 Å². The first-order chi connectivity index (χ1) is 15.3. The Morgan fingerprint density at radius 1 is 0.688 bits per heavy atom. The van der Waals surface area contributed by atoms with Crippen molar-refractivity contribution in [1.82, 2.24) is 0 Å². The van der Waals surface area contributed by atoms with Gasteiger partial charge in [0.15, 0.2) is 0 Å². The molecule has 0 unspecified atom stereocenters. The Kier molecular flexibility index (Phi) is 18.9. The van der Waals surface area contributed by atoms with Crippen LogP contribution in [0.3, 0.4) is 0 Å². The summed E-state index contributed by atoms with van der Waals surface area (Å²) in [7, 11) is 4.84. The zero-order chi connectivity index (χ0) is 24.1. The Morgan fingerprint density at radius 2 is 1.06 bits per heavy atom. The molecule has 0 aliphatic heterocycles. The molecule has 0 radical (unpaired) electrons. The summed E-state index contributed by atoms with van der Waals surface area (Å²) in [6, 6.07) is 11.0. The highest BCUT2D eigenvalue weighted by Crippen LogP contribution is 2.26. The second-order valence-electron chi connectivity index (χ2n) is 10.6. The molecule has 2 N–H and O–H groups in total. The van der Waals surface area contributed by atoms with Crippen molar-refractivity contribution >= 4 is 0 Å². The van der Waals surface area contributed by atoms with E-state index in [2.05, 4.69) is 70.2 Å². The quantitative estimate of drug-likeness (QED) is 0.102. The lowest BCUT2D eigenvalue weighted by Crippen LogP contribution is -2.57. The molecule has 1 aromatic carbocycles. The summed E-state index contributed by atoms with van der Waals surface area (Å²) in [5.41, 5.74) is 1.74. The summed E-state index contributed by atoms with van der Waals surface area (Å²) in [6.45, 7) is 8.46. The predicted molar refractivity (Wildman–Crippen MR) is 138 cm³/mol. The van der Waals surface area contributed by atoms with Gasteiger partial charge in [0.25, 0.3) is 0 Å². The van der Waals surface area contributed by atoms with Crippen molar-refractivity contribution in [2.45, 2.75) is 123 Å². The topological polar surface area (TPSA) is 49.7 Å². The van der Waals surface area contributed by atoms with Crippen molar-refractivity contribution in [3.8, 4) is 0 Å². The molecule has 1 rings (SSSR count). The van der Waals surface area contributed by atoms with Crippen LogP contribution in [0.5, 0.6) is 0 Å². The molecule has 188 valence electrons. The van der Waals surface area contributed by atoms with E-state index in [0.717, 1.165) is 10.9 Å². The van der Waals surface area contributed by atoms with E-state index in [1.807, 2.05) is 0 Å². The van der Waals surface area contributed by atoms with Crippen molar-refractivity contribution in [2.75, 3.05) is 20.6 Å². The van der Waals surface area contributed by atoms with E-state index < -0.39 is 0 Å². The second-order valence-corrected chi connectivity index (χ2v) is 10.6. The first kappa shape index (κ1) is 31.1. The second kappa shape index (κ2) is 19.5. The van der Waals surface area contributed by atoms with E-state index in [9.17, 15) is 0 Å². The van der Waals surface area contributed by atoms with E-state index in [-0.39, 0.29) is 5.54 Å². The van der Waals surface area contributed by atoms with Crippen molar-refractivity contribution in [3.63, 3.8) is 0 Å². The lowest BCUT2D eigenvalue weighted by Gasteiger charge is -2.45. The molecular weight excluding hydrogens is 398 g/mol. The molecule has 0 amide bonds. The van der Waals surface area contributed by atoms with Gasteiger partial charge in [0.1, 0.15) is 0 Å². The number of likely N-dealkylation sites (N-methyl/N-ethyl adjacent to an activating group) is 1. The third kappa shape index (κ3) is 15.8. The number of hydrogen-bond donors (Lipinski definition) is 2. The van der Waals surface area contributed by atoms with E-state index in [1.165, 1.54) is 102 Å². The molecule has 32 heavy (non-hydrogen) atoms. The summed E-state index contributed by atoms with van der Waals surface area (Å²) >= 11 is 0. The number of benzene rings is 1. The Hall–Kier alpha value is -0.940. The number of hydrogen-bond acceptors (Lipinski definition) is 3. The van der Waals surface area contributed by atoms with Gasteiger partial charge in [0.2, 0.25) is 0 Å². The van der Waals surface area contributed by atoms with E-state index in [4.69, 9.17) is 10.5 Å². The van der Waals surface area contributed by atoms with Gasteiger partial charge >= 0.3 is 0 Å². The van der Waals surface area contributed by atoms with Crippen LogP contribution in [-0.4, -0.2) is 41.2 Å². The van der Waals surface area contributed by atoms with E-state index in [0.29, 0.717) is 0 Å². The zero-order valence-electron chi connectivity index (χ0n) is 22.0. The van der Waals surface area contributed by atoms with Crippen molar-refractivity contribution in [3.05, 3.63) is 35.9 Å². The fourth-order valence-electron chi connectivity index (χ4n) is 4.31. The van der Waals surface area contributed by atoms with Crippen LogP contribution in [0.4, 0.5) is 0 Å². The number of quaternary nitrogens is 1. The Labute approximate surface area is 199 Å². The lowest BCUT2D eigenvalue weighted by atomic mass is 9.91. The summed E-state index contributed by atoms with van der Waals surface area (Å²) < 4.78 is 1.11. The molecule has 0 saturated heterocycles. The van der Waals surface area contributed by atoms with E-state index >= 15 is 0 Å². The van der Waals surface area contributed by atoms with Gasteiger partial charge in [-0.1, -0.05) is 119 Å². The monoisotopic (exact) mass is 452 g/mol. The summed E-state index contributed by atoms with van der Waals surface area (Å²) in [4.78, 5) is 0. The van der Waals surface area contributed by atoms with Gasteiger partial charge in [-0.2, -0.15) is 0 Å². The first-order valence-corrected chi connectivity index (χ1v) is 13.1. The van der Waals surface area contributed by atoms with Gasteiger partial charge in [0.05, 0.1) is 26.2 Å². The van der Waals surface area contributed by atoms with Gasteiger partial charge in [0, 0.05) is 6.42 Å². The molecule has 1 aromatic rings. The van der Waals surface area contributed by atoms with Gasteiger partial charge < -0.3 is 4.48 Å². The summed E-state index contributed by atoms with van der Waals surface area (Å²) in [5.74, 6) is 0. The van der Waals surface area contributed by atoms with E-state index in [1.54, 1.807) is 0 Å². The fourth-order valence-corrected chi connectivity index (χ4v) is 4.31. The molecule has 0 fully saturated rings. The van der Waals surface area contributed by atoms with Gasteiger partial charge in [-0.3, -0.25) is 0 Å². The average molecular weight is 453 g/mol. The predicted octanol–water partition coefficient (Wildman–Crippen LogP) is 8.51. The van der Waals surface area contributed by atoms with Crippen LogP contribution in [0.2, 0.25) is 0 Å². The van der Waals surface area contributed by atoms with Crippen LogP contribution < -0.4 is 0 Å². The Morgan fingerprint density at radius 3 is 1.47 bits per heavy atom. The maximum Gasteiger partial charge on any atom is 0.0972 e. The third-order valence-electron chi connectivity index (χ3n) is 7.19. The third-order valence-corrected chi connectivity index (χ3v) is 7.19. The fraction of sp³-hybridized carbons (Fsp3) is 0.786. The van der Waals surface area contributed by atoms with Crippen LogP contribution in [0.15, 0.2) is 30.3 Å². The molecule has 0 saturated carbocycles. The number of nitrogens with zero attached hydrogens (tertiary/aromatic N) is 1. The average Bonchev–Trinajstić information content (AvgIpc) is 2.75. The molecule has 0 atom stereocenters. The van der Waals surface area contributed by atoms with Crippen molar-refractivity contribution in [2.24, 2.45) is 0 Å². The maximum atomic E-state index is 6.62. The molecule has 0 heterocycles. The highest BCUT2D eigenvalue weighted by atomic mass is 17.4. The lowest BCUT2D eigenvalue weighted by molar-refractivity contribution is -0.938. The zero-order valence-corrected chi connectivity index (χ0v) is 22.0. The summed E-state index contributed by atoms with van der Waals surface area (Å²) in [5, 5.41) is 15.5. The molecular formula is C28H54NO3+. The molecule has 4 heteroatoms. The highest BCUT2D eigenvalue weighted by molar-refractivity contribution is 5.16. The van der Waals surface area contributed by atoms with Crippen LogP contribution >= 0.6 is 0 Å². The molecule has 0 aromatic heterocycles. The standard InChI is InChI=1S/C28H52N.H2O3/c1-6-7-8-9-10-11-12-13-14-15-16-17-18-22-25-29(4,5)28(2,3)26-27-23-20-19-21-24-27;1-3-2/h19-21,23-24H,6-18,22,25-26H2,1-5H3;1-2H/q+1;. The van der Waals surface area contributed by atoms with Gasteiger partial charge in [-0.25, -0.2) is 10.5 Å². The van der Waals surface area contributed by atoms with Crippen LogP contribution in [0.1, 0.15) is 116 Å². The molecule has 4 nitrogen and oxygen atoms in total. The largest absolute Gasteiger partial charge is 0.324 e. The highest BCUT2D eigenvalue weighted by Gasteiger charge is 2.35. The van der Waals surface area contributed by atoms with Crippen LogP contribution in [-0.2, 0) is 11.5 Å². The van der Waals surface area contributed by atoms with Crippen LogP contribution in [0.25, 0.3) is 0 Å². The number of rotatable bonds is 18. The smallest absolute Gasteiger partial charge is 0.0972 e. The van der Waals surface area contributed by atoms with Gasteiger partial charge in [-0.05, 0) is 32.3 Å². The molecule has 0 spiro atoms.